The molecule has 0 radical (unpaired) electrons. The molecule has 0 bridgehead atoms. The van der Waals surface area contributed by atoms with E-state index in [1.807, 2.05) is 0 Å². The van der Waals surface area contributed by atoms with Crippen molar-refractivity contribution in [3.63, 3.8) is 0 Å². The zero-order chi connectivity index (χ0) is 20.2. The molecule has 4 rings (SSSR count). The minimum atomic E-state index is 0.753. The summed E-state index contributed by atoms with van der Waals surface area (Å²) in [6.07, 6.45) is 13.3. The fourth-order valence-electron chi connectivity index (χ4n) is 6.85. The van der Waals surface area contributed by atoms with Gasteiger partial charge < -0.3 is 9.80 Å². The van der Waals surface area contributed by atoms with Gasteiger partial charge in [0, 0.05) is 32.2 Å². The van der Waals surface area contributed by atoms with Crippen LogP contribution < -0.4 is 0 Å². The third-order valence-corrected chi connectivity index (χ3v) is 8.73. The number of rotatable bonds is 6. The summed E-state index contributed by atoms with van der Waals surface area (Å²) in [4.78, 5) is 10.6. The summed E-state index contributed by atoms with van der Waals surface area (Å²) < 4.78 is 0. The van der Waals surface area contributed by atoms with Gasteiger partial charge >= 0.3 is 0 Å². The lowest BCUT2D eigenvalue weighted by atomic mass is 9.76. The van der Waals surface area contributed by atoms with Gasteiger partial charge in [0.05, 0.1) is 6.67 Å². The molecule has 1 aliphatic carbocycles. The Labute approximate surface area is 181 Å². The molecule has 3 heterocycles. The molecule has 0 aromatic rings. The van der Waals surface area contributed by atoms with E-state index in [1.54, 1.807) is 0 Å². The monoisotopic (exact) mass is 404 g/mol. The Hall–Kier alpha value is -0.160. The van der Waals surface area contributed by atoms with E-state index in [1.165, 1.54) is 110 Å². The predicted molar refractivity (Wildman–Crippen MR) is 123 cm³/mol. The van der Waals surface area contributed by atoms with Gasteiger partial charge in [0.15, 0.2) is 0 Å². The minimum absolute atomic E-state index is 0.753. The number of nitrogens with zero attached hydrogens (tertiary/aromatic N) is 4. The SMILES string of the molecule is CC1CN(CC2CCC(CC3CCN(C)CC3)CC2)CN1CC1CCCN(C)C1. The minimum Gasteiger partial charge on any atom is -0.306 e. The van der Waals surface area contributed by atoms with Gasteiger partial charge in [-0.2, -0.15) is 0 Å². The lowest BCUT2D eigenvalue weighted by molar-refractivity contribution is 0.127. The molecule has 0 aromatic carbocycles. The Morgan fingerprint density at radius 2 is 1.34 bits per heavy atom. The van der Waals surface area contributed by atoms with Crippen LogP contribution in [0.2, 0.25) is 0 Å². The van der Waals surface area contributed by atoms with Gasteiger partial charge in [0.25, 0.3) is 0 Å². The summed E-state index contributed by atoms with van der Waals surface area (Å²) in [5.41, 5.74) is 0. The van der Waals surface area contributed by atoms with Crippen molar-refractivity contribution in [2.24, 2.45) is 23.7 Å². The van der Waals surface area contributed by atoms with Crippen molar-refractivity contribution < 1.29 is 0 Å². The van der Waals surface area contributed by atoms with Gasteiger partial charge in [0.2, 0.25) is 0 Å². The van der Waals surface area contributed by atoms with Crippen LogP contribution in [0.15, 0.2) is 0 Å². The number of hydrogen-bond donors (Lipinski definition) is 0. The fraction of sp³-hybridized carbons (Fsp3) is 1.00. The van der Waals surface area contributed by atoms with Crippen LogP contribution in [0.25, 0.3) is 0 Å². The third-order valence-electron chi connectivity index (χ3n) is 8.73. The number of likely N-dealkylation sites (tertiary alicyclic amines) is 2. The molecule has 3 aliphatic heterocycles. The van der Waals surface area contributed by atoms with Crippen LogP contribution in [0.3, 0.4) is 0 Å². The maximum atomic E-state index is 2.79. The molecule has 4 fully saturated rings. The normalized spacial score (nSPS) is 37.3. The van der Waals surface area contributed by atoms with E-state index in [0.29, 0.717) is 0 Å². The maximum Gasteiger partial charge on any atom is 0.0510 e. The highest BCUT2D eigenvalue weighted by Gasteiger charge is 2.32. The van der Waals surface area contributed by atoms with Gasteiger partial charge in [0.1, 0.15) is 0 Å². The van der Waals surface area contributed by atoms with Gasteiger partial charge in [-0.1, -0.05) is 12.8 Å². The van der Waals surface area contributed by atoms with Crippen molar-refractivity contribution in [2.45, 2.75) is 70.8 Å². The van der Waals surface area contributed by atoms with Crippen LogP contribution in [-0.4, -0.2) is 92.2 Å². The standard InChI is InChI=1S/C25H48N4/c1-21-16-28(20-29(21)19-25-5-4-12-27(3)17-25)18-24-8-6-22(7-9-24)15-23-10-13-26(2)14-11-23/h21-25H,4-20H2,1-3H3. The maximum absolute atomic E-state index is 2.79. The number of hydrogen-bond acceptors (Lipinski definition) is 4. The molecule has 1 saturated carbocycles. The van der Waals surface area contributed by atoms with E-state index < -0.39 is 0 Å². The molecule has 3 saturated heterocycles. The summed E-state index contributed by atoms with van der Waals surface area (Å²) in [6, 6.07) is 0.753. The Kier molecular flexibility index (Phi) is 7.93. The Balaban J connectivity index is 1.14. The zero-order valence-electron chi connectivity index (χ0n) is 19.7. The highest BCUT2D eigenvalue weighted by molar-refractivity contribution is 4.85. The first-order valence-electron chi connectivity index (χ1n) is 12.9. The molecule has 29 heavy (non-hydrogen) atoms. The Morgan fingerprint density at radius 1 is 0.655 bits per heavy atom. The highest BCUT2D eigenvalue weighted by atomic mass is 15.4. The van der Waals surface area contributed by atoms with E-state index in [-0.39, 0.29) is 0 Å². The fourth-order valence-corrected chi connectivity index (χ4v) is 6.85. The molecule has 2 atom stereocenters. The molecule has 0 spiro atoms. The van der Waals surface area contributed by atoms with Crippen molar-refractivity contribution in [1.82, 2.24) is 19.6 Å². The van der Waals surface area contributed by atoms with Crippen LogP contribution in [-0.2, 0) is 0 Å². The molecule has 4 nitrogen and oxygen atoms in total. The molecule has 4 aliphatic rings. The van der Waals surface area contributed by atoms with E-state index >= 15 is 0 Å². The lowest BCUT2D eigenvalue weighted by Crippen LogP contribution is -2.41. The molecule has 4 heteroatoms. The van der Waals surface area contributed by atoms with Crippen molar-refractivity contribution in [1.29, 1.82) is 0 Å². The summed E-state index contributed by atoms with van der Waals surface area (Å²) in [5.74, 6) is 3.93. The average molecular weight is 405 g/mol. The Morgan fingerprint density at radius 3 is 2.07 bits per heavy atom. The lowest BCUT2D eigenvalue weighted by Gasteiger charge is -2.35. The molecule has 0 N–H and O–H groups in total. The molecule has 2 unspecified atom stereocenters. The molecule has 0 aromatic heterocycles. The van der Waals surface area contributed by atoms with Gasteiger partial charge in [-0.15, -0.1) is 0 Å². The quantitative estimate of drug-likeness (QED) is 0.667. The first kappa shape index (κ1) is 22.0. The second-order valence-electron chi connectivity index (χ2n) is 11.4. The van der Waals surface area contributed by atoms with Gasteiger partial charge in [-0.05, 0) is 109 Å². The Bertz CT molecular complexity index is 481. The van der Waals surface area contributed by atoms with E-state index in [0.717, 1.165) is 29.7 Å². The summed E-state index contributed by atoms with van der Waals surface area (Å²) in [6.45, 7) is 13.0. The van der Waals surface area contributed by atoms with E-state index in [2.05, 4.69) is 40.6 Å². The van der Waals surface area contributed by atoms with Gasteiger partial charge in [-0.25, -0.2) is 0 Å². The number of piperidine rings is 2. The van der Waals surface area contributed by atoms with Crippen LogP contribution in [0.1, 0.15) is 64.7 Å². The van der Waals surface area contributed by atoms with E-state index in [9.17, 15) is 0 Å². The first-order valence-corrected chi connectivity index (χ1v) is 12.9. The van der Waals surface area contributed by atoms with Crippen LogP contribution in [0.5, 0.6) is 0 Å². The predicted octanol–water partition coefficient (Wildman–Crippen LogP) is 3.83. The van der Waals surface area contributed by atoms with Crippen molar-refractivity contribution >= 4 is 0 Å². The summed E-state index contributed by atoms with van der Waals surface area (Å²) in [5, 5.41) is 0. The molecular weight excluding hydrogens is 356 g/mol. The zero-order valence-corrected chi connectivity index (χ0v) is 19.7. The van der Waals surface area contributed by atoms with E-state index in [4.69, 9.17) is 0 Å². The third kappa shape index (κ3) is 6.41. The highest BCUT2D eigenvalue weighted by Crippen LogP contribution is 2.36. The smallest absolute Gasteiger partial charge is 0.0510 e. The largest absolute Gasteiger partial charge is 0.306 e. The second-order valence-corrected chi connectivity index (χ2v) is 11.4. The molecule has 0 amide bonds. The summed E-state index contributed by atoms with van der Waals surface area (Å²) in [7, 11) is 4.59. The van der Waals surface area contributed by atoms with Crippen molar-refractivity contribution in [2.75, 3.05) is 66.6 Å². The van der Waals surface area contributed by atoms with Crippen LogP contribution in [0.4, 0.5) is 0 Å². The molecular formula is C25H48N4. The van der Waals surface area contributed by atoms with Crippen molar-refractivity contribution in [3.05, 3.63) is 0 Å². The first-order chi connectivity index (χ1) is 14.0. The molecule has 168 valence electrons. The van der Waals surface area contributed by atoms with Gasteiger partial charge in [-0.3, -0.25) is 9.80 Å². The van der Waals surface area contributed by atoms with Crippen molar-refractivity contribution in [3.8, 4) is 0 Å². The topological polar surface area (TPSA) is 13.0 Å². The second kappa shape index (κ2) is 10.4. The average Bonchev–Trinajstić information content (AvgIpc) is 3.04. The summed E-state index contributed by atoms with van der Waals surface area (Å²) >= 11 is 0. The van der Waals surface area contributed by atoms with Crippen LogP contribution >= 0.6 is 0 Å². The van der Waals surface area contributed by atoms with Crippen LogP contribution in [0, 0.1) is 23.7 Å².